The van der Waals surface area contributed by atoms with Gasteiger partial charge < -0.3 is 15.4 Å². The van der Waals surface area contributed by atoms with E-state index in [0.29, 0.717) is 28.8 Å². The lowest BCUT2D eigenvalue weighted by Crippen LogP contribution is -2.19. The van der Waals surface area contributed by atoms with E-state index in [4.69, 9.17) is 4.74 Å². The summed E-state index contributed by atoms with van der Waals surface area (Å²) in [5, 5.41) is 13.5. The van der Waals surface area contributed by atoms with E-state index in [2.05, 4.69) is 25.8 Å². The van der Waals surface area contributed by atoms with Crippen LogP contribution in [0.3, 0.4) is 0 Å². The highest BCUT2D eigenvalue weighted by Crippen LogP contribution is 2.22. The van der Waals surface area contributed by atoms with Crippen LogP contribution in [0.15, 0.2) is 73.1 Å². The molecule has 2 amide bonds. The van der Waals surface area contributed by atoms with E-state index in [-0.39, 0.29) is 5.82 Å². The van der Waals surface area contributed by atoms with Gasteiger partial charge >= 0.3 is 6.03 Å². The Labute approximate surface area is 171 Å². The van der Waals surface area contributed by atoms with Crippen molar-refractivity contribution in [1.82, 2.24) is 19.7 Å². The van der Waals surface area contributed by atoms with E-state index in [9.17, 15) is 9.18 Å². The van der Waals surface area contributed by atoms with Gasteiger partial charge in [0.05, 0.1) is 0 Å². The predicted molar refractivity (Wildman–Crippen MR) is 109 cm³/mol. The van der Waals surface area contributed by atoms with Crippen molar-refractivity contribution in [2.75, 3.05) is 10.6 Å². The van der Waals surface area contributed by atoms with Crippen molar-refractivity contribution < 1.29 is 13.9 Å². The Kier molecular flexibility index (Phi) is 5.33. The van der Waals surface area contributed by atoms with Crippen LogP contribution in [-0.4, -0.2) is 25.8 Å². The topological polar surface area (TPSA) is 94.0 Å². The molecule has 4 aromatic rings. The maximum absolute atomic E-state index is 12.9. The van der Waals surface area contributed by atoms with Gasteiger partial charge in [-0.2, -0.15) is 0 Å². The number of halogens is 1. The van der Waals surface area contributed by atoms with E-state index in [0.717, 1.165) is 5.82 Å². The standard InChI is InChI=1S/C21H17FN6O2/c1-14-23-12-13-28(14)19-10-11-20(27-26-19)30-18-8-6-17(7-9-18)25-21(29)24-16-4-2-15(22)3-5-16/h2-13H,1H3,(H2,24,25,29). The average Bonchev–Trinajstić information content (AvgIpc) is 3.18. The molecule has 4 rings (SSSR count). The second kappa shape index (κ2) is 8.39. The minimum Gasteiger partial charge on any atom is -0.438 e. The third-order valence-corrected chi connectivity index (χ3v) is 4.14. The number of aryl methyl sites for hydroxylation is 1. The van der Waals surface area contributed by atoms with Gasteiger partial charge in [0.1, 0.15) is 17.4 Å². The van der Waals surface area contributed by atoms with Crippen molar-refractivity contribution in [2.45, 2.75) is 6.92 Å². The molecule has 9 heteroatoms. The first kappa shape index (κ1) is 19.1. The lowest BCUT2D eigenvalue weighted by Gasteiger charge is -2.09. The zero-order chi connectivity index (χ0) is 20.9. The number of carbonyl (C=O) groups is 1. The summed E-state index contributed by atoms with van der Waals surface area (Å²) in [7, 11) is 0. The quantitative estimate of drug-likeness (QED) is 0.509. The molecule has 0 aliphatic heterocycles. The average molecular weight is 404 g/mol. The van der Waals surface area contributed by atoms with Gasteiger partial charge in [0.25, 0.3) is 0 Å². The van der Waals surface area contributed by atoms with Crippen LogP contribution in [0.4, 0.5) is 20.6 Å². The smallest absolute Gasteiger partial charge is 0.323 e. The van der Waals surface area contributed by atoms with Crippen LogP contribution in [0.1, 0.15) is 5.82 Å². The van der Waals surface area contributed by atoms with Crippen molar-refractivity contribution >= 4 is 17.4 Å². The highest BCUT2D eigenvalue weighted by atomic mass is 19.1. The Morgan fingerprint density at radius 3 is 2.17 bits per heavy atom. The van der Waals surface area contributed by atoms with Crippen molar-refractivity contribution in [2.24, 2.45) is 0 Å². The number of carbonyl (C=O) groups excluding carboxylic acids is 1. The normalized spacial score (nSPS) is 10.5. The van der Waals surface area contributed by atoms with E-state index in [1.165, 1.54) is 24.3 Å². The SMILES string of the molecule is Cc1nccn1-c1ccc(Oc2ccc(NC(=O)Nc3ccc(F)cc3)cc2)nn1. The molecule has 0 spiro atoms. The molecule has 8 nitrogen and oxygen atoms in total. The minimum atomic E-state index is -0.438. The molecule has 2 heterocycles. The first-order valence-corrected chi connectivity index (χ1v) is 9.02. The van der Waals surface area contributed by atoms with Gasteiger partial charge in [-0.1, -0.05) is 0 Å². The summed E-state index contributed by atoms with van der Waals surface area (Å²) in [5.41, 5.74) is 1.06. The van der Waals surface area contributed by atoms with Crippen molar-refractivity contribution in [1.29, 1.82) is 0 Å². The Morgan fingerprint density at radius 1 is 0.933 bits per heavy atom. The number of aromatic nitrogens is 4. The summed E-state index contributed by atoms with van der Waals surface area (Å²) in [4.78, 5) is 16.2. The Bertz CT molecular complexity index is 1140. The molecule has 2 aromatic heterocycles. The fourth-order valence-corrected chi connectivity index (χ4v) is 2.67. The molecule has 0 saturated heterocycles. The van der Waals surface area contributed by atoms with Crippen LogP contribution >= 0.6 is 0 Å². The summed E-state index contributed by atoms with van der Waals surface area (Å²) in [6, 6.07) is 15.3. The zero-order valence-electron chi connectivity index (χ0n) is 15.9. The van der Waals surface area contributed by atoms with Gasteiger partial charge in [-0.15, -0.1) is 10.2 Å². The van der Waals surface area contributed by atoms with Crippen LogP contribution in [-0.2, 0) is 0 Å². The number of nitrogens with zero attached hydrogens (tertiary/aromatic N) is 4. The van der Waals surface area contributed by atoms with E-state index < -0.39 is 6.03 Å². The summed E-state index contributed by atoms with van der Waals surface area (Å²) in [6.45, 7) is 1.88. The molecule has 150 valence electrons. The minimum absolute atomic E-state index is 0.339. The molecule has 0 atom stereocenters. The van der Waals surface area contributed by atoms with Gasteiger partial charge in [-0.25, -0.2) is 14.2 Å². The first-order chi connectivity index (χ1) is 14.6. The van der Waals surface area contributed by atoms with Gasteiger partial charge in [0.2, 0.25) is 5.88 Å². The molecule has 30 heavy (non-hydrogen) atoms. The summed E-state index contributed by atoms with van der Waals surface area (Å²) in [6.07, 6.45) is 3.49. The second-order valence-corrected chi connectivity index (χ2v) is 6.29. The number of ether oxygens (including phenoxy) is 1. The van der Waals surface area contributed by atoms with Crippen LogP contribution in [0, 0.1) is 12.7 Å². The van der Waals surface area contributed by atoms with Gasteiger partial charge in [0, 0.05) is 29.8 Å². The molecule has 0 bridgehead atoms. The first-order valence-electron chi connectivity index (χ1n) is 9.02. The summed E-state index contributed by atoms with van der Waals surface area (Å²) in [5.74, 6) is 1.97. The van der Waals surface area contributed by atoms with Gasteiger partial charge in [-0.3, -0.25) is 4.57 Å². The molecule has 0 unspecified atom stereocenters. The van der Waals surface area contributed by atoms with Crippen LogP contribution in [0.2, 0.25) is 0 Å². The van der Waals surface area contributed by atoms with Crippen molar-refractivity contribution in [3.63, 3.8) is 0 Å². The van der Waals surface area contributed by atoms with Gasteiger partial charge in [-0.05, 0) is 61.5 Å². The van der Waals surface area contributed by atoms with E-state index in [1.807, 2.05) is 11.5 Å². The third-order valence-electron chi connectivity index (χ3n) is 4.14. The molecular formula is C21H17FN6O2. The summed E-state index contributed by atoms with van der Waals surface area (Å²) < 4.78 is 20.4. The number of hydrogen-bond donors (Lipinski definition) is 2. The number of imidazole rings is 1. The molecule has 0 fully saturated rings. The molecule has 0 saturated carbocycles. The van der Waals surface area contributed by atoms with Crippen molar-refractivity contribution in [3.8, 4) is 17.4 Å². The fraction of sp³-hybridized carbons (Fsp3) is 0.0476. The van der Waals surface area contributed by atoms with E-state index in [1.54, 1.807) is 48.8 Å². The number of amides is 2. The van der Waals surface area contributed by atoms with Crippen LogP contribution in [0.25, 0.3) is 5.82 Å². The summed E-state index contributed by atoms with van der Waals surface area (Å²) >= 11 is 0. The number of nitrogens with one attached hydrogen (secondary N) is 2. The maximum atomic E-state index is 12.9. The third kappa shape index (κ3) is 4.58. The highest BCUT2D eigenvalue weighted by Gasteiger charge is 2.06. The lowest BCUT2D eigenvalue weighted by atomic mass is 10.3. The second-order valence-electron chi connectivity index (χ2n) is 6.29. The van der Waals surface area contributed by atoms with E-state index >= 15 is 0 Å². The highest BCUT2D eigenvalue weighted by molar-refractivity contribution is 5.99. The molecule has 0 aliphatic rings. The number of benzene rings is 2. The number of urea groups is 1. The molecule has 0 radical (unpaired) electrons. The Morgan fingerprint density at radius 2 is 1.60 bits per heavy atom. The Hall–Kier alpha value is -4.27. The molecular weight excluding hydrogens is 387 g/mol. The molecule has 2 aromatic carbocycles. The molecule has 0 aliphatic carbocycles. The monoisotopic (exact) mass is 404 g/mol. The fourth-order valence-electron chi connectivity index (χ4n) is 2.67. The zero-order valence-corrected chi connectivity index (χ0v) is 15.9. The lowest BCUT2D eigenvalue weighted by molar-refractivity contribution is 0.262. The largest absolute Gasteiger partial charge is 0.438 e. The Balaban J connectivity index is 1.35. The maximum Gasteiger partial charge on any atom is 0.323 e. The van der Waals surface area contributed by atoms with Crippen LogP contribution in [0.5, 0.6) is 11.6 Å². The predicted octanol–water partition coefficient (Wildman–Crippen LogP) is 4.55. The number of hydrogen-bond acceptors (Lipinski definition) is 5. The van der Waals surface area contributed by atoms with Gasteiger partial charge in [0.15, 0.2) is 5.82 Å². The van der Waals surface area contributed by atoms with Crippen molar-refractivity contribution in [3.05, 3.63) is 84.7 Å². The van der Waals surface area contributed by atoms with Crippen LogP contribution < -0.4 is 15.4 Å². The molecule has 2 N–H and O–H groups in total. The number of rotatable bonds is 5. The number of anilines is 2.